The molecule has 0 aliphatic rings. The van der Waals surface area contributed by atoms with Crippen LogP contribution in [-0.2, 0) is 4.79 Å². The molecule has 6 nitrogen and oxygen atoms in total. The number of benzene rings is 2. The van der Waals surface area contributed by atoms with Crippen molar-refractivity contribution in [3.63, 3.8) is 0 Å². The standard InChI is InChI=1S/C16H13N3O3/c20-16(21)15(19-11-17-10-18-19)22-14-8-6-13(7-9-14)12-4-2-1-3-5-12/h1-11,15H,(H,20,21). The van der Waals surface area contributed by atoms with E-state index < -0.39 is 12.2 Å². The smallest absolute Gasteiger partial charge is 0.368 e. The molecular formula is C16H13N3O3. The number of hydrogen-bond donors (Lipinski definition) is 1. The number of nitrogens with zero attached hydrogens (tertiary/aromatic N) is 3. The lowest BCUT2D eigenvalue weighted by Crippen LogP contribution is -2.25. The third kappa shape index (κ3) is 2.95. The van der Waals surface area contributed by atoms with Gasteiger partial charge in [0.05, 0.1) is 0 Å². The molecule has 0 saturated heterocycles. The van der Waals surface area contributed by atoms with Crippen molar-refractivity contribution in [1.29, 1.82) is 0 Å². The zero-order chi connectivity index (χ0) is 15.4. The van der Waals surface area contributed by atoms with E-state index in [1.165, 1.54) is 12.7 Å². The average Bonchev–Trinajstić information content (AvgIpc) is 3.08. The minimum Gasteiger partial charge on any atom is -0.477 e. The second-order valence-electron chi connectivity index (χ2n) is 4.57. The van der Waals surface area contributed by atoms with Gasteiger partial charge in [-0.05, 0) is 23.3 Å². The minimum absolute atomic E-state index is 0.447. The summed E-state index contributed by atoms with van der Waals surface area (Å²) in [7, 11) is 0. The molecule has 2 aromatic carbocycles. The van der Waals surface area contributed by atoms with Crippen LogP contribution in [0.3, 0.4) is 0 Å². The van der Waals surface area contributed by atoms with E-state index in [0.717, 1.165) is 15.8 Å². The first-order valence-electron chi connectivity index (χ1n) is 6.63. The summed E-state index contributed by atoms with van der Waals surface area (Å²) >= 11 is 0. The predicted molar refractivity (Wildman–Crippen MR) is 79.2 cm³/mol. The van der Waals surface area contributed by atoms with E-state index in [4.69, 9.17) is 4.74 Å². The fraction of sp³-hybridized carbons (Fsp3) is 0.0625. The van der Waals surface area contributed by atoms with Gasteiger partial charge in [-0.2, -0.15) is 5.10 Å². The maximum absolute atomic E-state index is 11.3. The van der Waals surface area contributed by atoms with E-state index in [1.54, 1.807) is 12.1 Å². The summed E-state index contributed by atoms with van der Waals surface area (Å²) < 4.78 is 6.62. The van der Waals surface area contributed by atoms with Crippen molar-refractivity contribution < 1.29 is 14.6 Å². The molecule has 1 heterocycles. The SMILES string of the molecule is O=C(O)C(Oc1ccc(-c2ccccc2)cc1)n1cncn1. The van der Waals surface area contributed by atoms with Gasteiger partial charge in [-0.1, -0.05) is 42.5 Å². The number of hydrogen-bond acceptors (Lipinski definition) is 4. The van der Waals surface area contributed by atoms with Crippen molar-refractivity contribution in [2.45, 2.75) is 6.23 Å². The molecule has 0 amide bonds. The lowest BCUT2D eigenvalue weighted by atomic mass is 10.1. The Hall–Kier alpha value is -3.15. The van der Waals surface area contributed by atoms with Gasteiger partial charge in [-0.15, -0.1) is 0 Å². The van der Waals surface area contributed by atoms with Gasteiger partial charge in [0.15, 0.2) is 0 Å². The number of carboxylic acids is 1. The van der Waals surface area contributed by atoms with Crippen molar-refractivity contribution in [3.8, 4) is 16.9 Å². The summed E-state index contributed by atoms with van der Waals surface area (Å²) in [5.74, 6) is -0.694. The molecule has 1 atom stereocenters. The van der Waals surface area contributed by atoms with Gasteiger partial charge >= 0.3 is 5.97 Å². The Bertz CT molecular complexity index is 740. The molecule has 1 aromatic heterocycles. The van der Waals surface area contributed by atoms with Crippen molar-refractivity contribution in [2.24, 2.45) is 0 Å². The first-order valence-corrected chi connectivity index (χ1v) is 6.63. The highest BCUT2D eigenvalue weighted by molar-refractivity contribution is 5.70. The monoisotopic (exact) mass is 295 g/mol. The Morgan fingerprint density at radius 1 is 1.05 bits per heavy atom. The van der Waals surface area contributed by atoms with Crippen molar-refractivity contribution in [2.75, 3.05) is 0 Å². The fourth-order valence-corrected chi connectivity index (χ4v) is 2.04. The van der Waals surface area contributed by atoms with Gasteiger partial charge in [0, 0.05) is 0 Å². The third-order valence-electron chi connectivity index (χ3n) is 3.10. The van der Waals surface area contributed by atoms with Crippen molar-refractivity contribution >= 4 is 5.97 Å². The largest absolute Gasteiger partial charge is 0.477 e. The first-order chi connectivity index (χ1) is 10.7. The maximum atomic E-state index is 11.3. The molecule has 1 unspecified atom stereocenters. The third-order valence-corrected chi connectivity index (χ3v) is 3.10. The Labute approximate surface area is 126 Å². The molecule has 6 heteroatoms. The Morgan fingerprint density at radius 3 is 2.32 bits per heavy atom. The van der Waals surface area contributed by atoms with Crippen LogP contribution in [-0.4, -0.2) is 25.8 Å². The maximum Gasteiger partial charge on any atom is 0.368 e. The number of aromatic nitrogens is 3. The van der Waals surface area contributed by atoms with E-state index in [9.17, 15) is 9.90 Å². The molecule has 0 aliphatic heterocycles. The highest BCUT2D eigenvalue weighted by atomic mass is 16.5. The van der Waals surface area contributed by atoms with E-state index in [2.05, 4.69) is 10.1 Å². The van der Waals surface area contributed by atoms with Gasteiger partial charge < -0.3 is 9.84 Å². The molecule has 0 spiro atoms. The molecule has 22 heavy (non-hydrogen) atoms. The van der Waals surface area contributed by atoms with Crippen LogP contribution in [0.4, 0.5) is 0 Å². The van der Waals surface area contributed by atoms with Gasteiger partial charge in [-0.3, -0.25) is 0 Å². The minimum atomic E-state index is -1.25. The zero-order valence-electron chi connectivity index (χ0n) is 11.5. The number of rotatable bonds is 5. The summed E-state index contributed by atoms with van der Waals surface area (Å²) in [4.78, 5) is 15.0. The van der Waals surface area contributed by atoms with E-state index >= 15 is 0 Å². The summed E-state index contributed by atoms with van der Waals surface area (Å²) in [5.41, 5.74) is 2.11. The van der Waals surface area contributed by atoms with E-state index in [-0.39, 0.29) is 0 Å². The van der Waals surface area contributed by atoms with Crippen LogP contribution in [0.25, 0.3) is 11.1 Å². The van der Waals surface area contributed by atoms with Crippen LogP contribution in [0, 0.1) is 0 Å². The van der Waals surface area contributed by atoms with Gasteiger partial charge in [0.2, 0.25) is 0 Å². The molecule has 0 fully saturated rings. The lowest BCUT2D eigenvalue weighted by molar-refractivity contribution is -0.150. The molecule has 0 bridgehead atoms. The number of ether oxygens (including phenoxy) is 1. The summed E-state index contributed by atoms with van der Waals surface area (Å²) in [5, 5.41) is 13.0. The topological polar surface area (TPSA) is 77.2 Å². The van der Waals surface area contributed by atoms with Gasteiger partial charge in [0.1, 0.15) is 18.4 Å². The Balaban J connectivity index is 1.79. The zero-order valence-corrected chi connectivity index (χ0v) is 11.5. The molecule has 110 valence electrons. The van der Waals surface area contributed by atoms with Crippen molar-refractivity contribution in [1.82, 2.24) is 14.8 Å². The molecule has 3 rings (SSSR count). The molecular weight excluding hydrogens is 282 g/mol. The molecule has 3 aromatic rings. The molecule has 0 radical (unpaired) electrons. The fourth-order valence-electron chi connectivity index (χ4n) is 2.04. The van der Waals surface area contributed by atoms with E-state index in [1.807, 2.05) is 42.5 Å². The van der Waals surface area contributed by atoms with Gasteiger partial charge in [0.25, 0.3) is 6.23 Å². The lowest BCUT2D eigenvalue weighted by Gasteiger charge is -2.15. The Kier molecular flexibility index (Phi) is 3.82. The van der Waals surface area contributed by atoms with Crippen LogP contribution in [0.2, 0.25) is 0 Å². The predicted octanol–water partition coefficient (Wildman–Crippen LogP) is 2.61. The Morgan fingerprint density at radius 2 is 1.73 bits per heavy atom. The summed E-state index contributed by atoms with van der Waals surface area (Å²) in [6, 6.07) is 17.1. The number of carboxylic acid groups (broad SMARTS) is 1. The van der Waals surface area contributed by atoms with Crippen LogP contribution < -0.4 is 4.74 Å². The summed E-state index contributed by atoms with van der Waals surface area (Å²) in [6.07, 6.45) is 1.32. The average molecular weight is 295 g/mol. The molecule has 1 N–H and O–H groups in total. The van der Waals surface area contributed by atoms with Crippen LogP contribution in [0.5, 0.6) is 5.75 Å². The number of carbonyl (C=O) groups is 1. The highest BCUT2D eigenvalue weighted by Crippen LogP contribution is 2.24. The van der Waals surface area contributed by atoms with Crippen molar-refractivity contribution in [3.05, 3.63) is 67.3 Å². The van der Waals surface area contributed by atoms with Crippen LogP contribution in [0.15, 0.2) is 67.3 Å². The second-order valence-corrected chi connectivity index (χ2v) is 4.57. The molecule has 0 aliphatic carbocycles. The highest BCUT2D eigenvalue weighted by Gasteiger charge is 2.22. The normalized spacial score (nSPS) is 11.8. The van der Waals surface area contributed by atoms with Gasteiger partial charge in [-0.25, -0.2) is 14.5 Å². The van der Waals surface area contributed by atoms with E-state index in [0.29, 0.717) is 5.75 Å². The second kappa shape index (κ2) is 6.09. The number of aliphatic carboxylic acids is 1. The van der Waals surface area contributed by atoms with Crippen LogP contribution in [0.1, 0.15) is 6.23 Å². The first kappa shape index (κ1) is 13.8. The summed E-state index contributed by atoms with van der Waals surface area (Å²) in [6.45, 7) is 0. The molecule has 0 saturated carbocycles. The quantitative estimate of drug-likeness (QED) is 0.783. The van der Waals surface area contributed by atoms with Crippen LogP contribution >= 0.6 is 0 Å².